The van der Waals surface area contributed by atoms with Gasteiger partial charge in [-0.15, -0.1) is 4.71 Å². The summed E-state index contributed by atoms with van der Waals surface area (Å²) in [7, 11) is -10.2. The summed E-state index contributed by atoms with van der Waals surface area (Å²) < 4.78 is 211. The molecular weight excluding hydrogens is 711 g/mol. The Morgan fingerprint density at radius 1 is 0.565 bits per heavy atom. The summed E-state index contributed by atoms with van der Waals surface area (Å²) in [5.41, 5.74) is -11.9. The van der Waals surface area contributed by atoms with Crippen molar-refractivity contribution in [2.45, 2.75) is 35.5 Å². The number of nitrogens with zero attached hydrogens (tertiary/aromatic N) is 2. The van der Waals surface area contributed by atoms with Gasteiger partial charge >= 0.3 is 23.4 Å². The maximum Gasteiger partial charge on any atom is 0.485 e. The quantitative estimate of drug-likeness (QED) is 0.127. The molecule has 8 nitrogen and oxygen atoms in total. The highest BCUT2D eigenvalue weighted by atomic mass is 32.2. The molecule has 3 aliphatic rings. The number of alkyl halides is 12. The molecule has 262 valence electrons. The number of quaternary nitrogens is 2. The summed E-state index contributed by atoms with van der Waals surface area (Å²) in [6.07, 6.45) is -8.98. The van der Waals surface area contributed by atoms with Crippen LogP contribution in [0.2, 0.25) is 0 Å². The van der Waals surface area contributed by atoms with E-state index in [9.17, 15) is 52.7 Å². The van der Waals surface area contributed by atoms with Crippen molar-refractivity contribution in [1.29, 1.82) is 0 Å². The monoisotopic (exact) mass is 732 g/mol. The Morgan fingerprint density at radius 3 is 1.07 bits per heavy atom. The summed E-state index contributed by atoms with van der Waals surface area (Å²) in [6, 6.07) is 7.83. The standard InChI is InChI=1S/C21H21F7N2.2CHF3O3S/c1-29-10-12-30(28,13-11-29)19(15-4-8-17(9-5-15)21(25,26)27)18(29)14-2-6-16(7-3-14)20(22,23)24;2*2-1(3,4)8(5,6)7/h2-9,18-19H,10-13H2,1H3;2*(H,5,6,7)/q+2;;/p-2/t18-,19-,29?,30?;;/m0../s1. The van der Waals surface area contributed by atoms with E-state index >= 15 is 4.48 Å². The van der Waals surface area contributed by atoms with Crippen molar-refractivity contribution in [3.63, 3.8) is 0 Å². The molecule has 2 atom stereocenters. The highest BCUT2D eigenvalue weighted by Crippen LogP contribution is 2.53. The van der Waals surface area contributed by atoms with Gasteiger partial charge < -0.3 is 13.6 Å². The second-order valence-electron chi connectivity index (χ2n) is 10.2. The fourth-order valence-corrected chi connectivity index (χ4v) is 4.89. The zero-order valence-electron chi connectivity index (χ0n) is 22.7. The summed E-state index contributed by atoms with van der Waals surface area (Å²) in [5, 5.41) is 0. The molecule has 5 rings (SSSR count). The molecule has 0 aromatic heterocycles. The molecule has 0 radical (unpaired) electrons. The molecule has 0 aliphatic carbocycles. The van der Waals surface area contributed by atoms with Crippen LogP contribution in [0, 0.1) is 0 Å². The fourth-order valence-electron chi connectivity index (χ4n) is 4.89. The first kappa shape index (κ1) is 39.4. The number of rotatable bonds is 2. The molecule has 3 heterocycles. The van der Waals surface area contributed by atoms with E-state index in [-0.39, 0.29) is 13.1 Å². The Kier molecular flexibility index (Phi) is 10.9. The zero-order chi connectivity index (χ0) is 35.9. The molecule has 2 aromatic rings. The van der Waals surface area contributed by atoms with Crippen LogP contribution in [-0.2, 0) is 32.6 Å². The zero-order valence-corrected chi connectivity index (χ0v) is 24.3. The van der Waals surface area contributed by atoms with Crippen LogP contribution in [0.25, 0.3) is 0 Å². The van der Waals surface area contributed by atoms with Crippen LogP contribution in [0.5, 0.6) is 0 Å². The molecule has 3 aliphatic heterocycles. The van der Waals surface area contributed by atoms with Crippen LogP contribution in [-0.4, -0.2) is 79.4 Å². The van der Waals surface area contributed by atoms with Gasteiger partial charge in [-0.1, -0.05) is 24.3 Å². The van der Waals surface area contributed by atoms with Crippen LogP contribution in [0.1, 0.15) is 34.3 Å². The van der Waals surface area contributed by atoms with Gasteiger partial charge in [-0.25, -0.2) is 16.8 Å². The van der Waals surface area contributed by atoms with Gasteiger partial charge in [-0.05, 0) is 28.7 Å². The first-order valence-corrected chi connectivity index (χ1v) is 14.9. The van der Waals surface area contributed by atoms with Crippen LogP contribution in [0.15, 0.2) is 48.5 Å². The van der Waals surface area contributed by atoms with Crippen LogP contribution in [0.4, 0.5) is 57.2 Å². The first-order valence-electron chi connectivity index (χ1n) is 12.1. The molecule has 23 heteroatoms. The lowest BCUT2D eigenvalue weighted by molar-refractivity contribution is -1.18. The van der Waals surface area contributed by atoms with Crippen LogP contribution < -0.4 is 0 Å². The third kappa shape index (κ3) is 9.20. The first-order chi connectivity index (χ1) is 20.3. The van der Waals surface area contributed by atoms with Crippen molar-refractivity contribution in [1.82, 2.24) is 0 Å². The van der Waals surface area contributed by atoms with E-state index < -0.39 is 71.5 Å². The average Bonchev–Trinajstić information content (AvgIpc) is 2.86. The van der Waals surface area contributed by atoms with Gasteiger partial charge in [0.2, 0.25) is 6.04 Å². The fraction of sp³-hybridized carbons (Fsp3) is 0.478. The number of hydrogen-bond donors (Lipinski definition) is 0. The summed E-state index contributed by atoms with van der Waals surface area (Å²) in [4.78, 5) is 0. The molecule has 0 spiro atoms. The molecule has 46 heavy (non-hydrogen) atoms. The largest absolute Gasteiger partial charge is 0.741 e. The summed E-state index contributed by atoms with van der Waals surface area (Å²) in [5.74, 6) is 0. The van der Waals surface area contributed by atoms with Gasteiger partial charge in [0.15, 0.2) is 39.4 Å². The topological polar surface area (TPSA) is 114 Å². The van der Waals surface area contributed by atoms with Crippen molar-refractivity contribution >= 4 is 20.2 Å². The minimum absolute atomic E-state index is 0.208. The van der Waals surface area contributed by atoms with Gasteiger partial charge in [0.25, 0.3) is 0 Å². The van der Waals surface area contributed by atoms with Crippen molar-refractivity contribution < 1.29 is 92.3 Å². The minimum atomic E-state index is -6.09. The maximum absolute atomic E-state index is 15.9. The van der Waals surface area contributed by atoms with E-state index in [2.05, 4.69) is 0 Å². The van der Waals surface area contributed by atoms with Crippen LogP contribution >= 0.6 is 0 Å². The van der Waals surface area contributed by atoms with Gasteiger partial charge in [0.1, 0.15) is 13.1 Å². The predicted octanol–water partition coefficient (Wildman–Crippen LogP) is 5.78. The molecule has 0 amide bonds. The van der Waals surface area contributed by atoms with E-state index in [4.69, 9.17) is 25.9 Å². The third-order valence-electron chi connectivity index (χ3n) is 7.16. The molecule has 0 unspecified atom stereocenters. The van der Waals surface area contributed by atoms with Gasteiger partial charge in [0, 0.05) is 11.1 Å². The highest BCUT2D eigenvalue weighted by molar-refractivity contribution is 7.86. The van der Waals surface area contributed by atoms with Gasteiger partial charge in [0.05, 0.1) is 18.2 Å². The smallest absolute Gasteiger partial charge is 0.485 e. The van der Waals surface area contributed by atoms with E-state index in [1.165, 1.54) is 24.3 Å². The van der Waals surface area contributed by atoms with Crippen LogP contribution in [0.3, 0.4) is 0 Å². The number of hydrogen-bond acceptors (Lipinski definition) is 6. The van der Waals surface area contributed by atoms with Gasteiger partial charge in [-0.2, -0.15) is 52.7 Å². The lowest BCUT2D eigenvalue weighted by Gasteiger charge is -2.57. The Bertz CT molecular complexity index is 1440. The van der Waals surface area contributed by atoms with Crippen molar-refractivity contribution in [3.05, 3.63) is 70.8 Å². The highest BCUT2D eigenvalue weighted by Gasteiger charge is 2.63. The van der Waals surface area contributed by atoms with Gasteiger partial charge in [-0.3, -0.25) is 0 Å². The molecule has 2 bridgehead atoms. The molecule has 3 fully saturated rings. The molecular formula is C23H21F13N2O6S2. The predicted molar refractivity (Wildman–Crippen MR) is 127 cm³/mol. The summed E-state index contributed by atoms with van der Waals surface area (Å²) >= 11 is 0. The molecule has 0 N–H and O–H groups in total. The Labute approximate surface area is 252 Å². The maximum atomic E-state index is 15.9. The number of piperazine rings is 3. The third-order valence-corrected chi connectivity index (χ3v) is 8.29. The lowest BCUT2D eigenvalue weighted by Crippen LogP contribution is -2.72. The molecule has 2 aromatic carbocycles. The number of halogens is 13. The molecule has 0 saturated carbocycles. The van der Waals surface area contributed by atoms with Crippen molar-refractivity contribution in [2.75, 3.05) is 33.2 Å². The minimum Gasteiger partial charge on any atom is -0.741 e. The Morgan fingerprint density at radius 2 is 0.826 bits per heavy atom. The normalized spacial score (nSPS) is 25.6. The van der Waals surface area contributed by atoms with Crippen molar-refractivity contribution in [3.8, 4) is 0 Å². The van der Waals surface area contributed by atoms with E-state index in [0.29, 0.717) is 28.7 Å². The second-order valence-corrected chi connectivity index (χ2v) is 13.0. The Balaban J connectivity index is 0.000000381. The molecule has 3 saturated heterocycles. The number of likely N-dealkylation sites (N-methyl/N-ethyl adjacent to an activating group) is 1. The SMILES string of the molecule is C[N+]12CC[N+](F)(CC1)[C@@H](c1ccc(C(F)(F)F)cc1)[C@@H]2c1ccc(C(F)(F)F)cc1.O=S(=O)([O-])C(F)(F)F.O=S(=O)([O-])C(F)(F)F. The van der Waals surface area contributed by atoms with E-state index in [0.717, 1.165) is 24.3 Å². The van der Waals surface area contributed by atoms with E-state index in [1.54, 1.807) is 0 Å². The van der Waals surface area contributed by atoms with Crippen molar-refractivity contribution in [2.24, 2.45) is 0 Å². The average molecular weight is 733 g/mol. The Hall–Kier alpha value is -2.73. The lowest BCUT2D eigenvalue weighted by atomic mass is 9.83. The van der Waals surface area contributed by atoms with E-state index in [1.807, 2.05) is 7.05 Å². The number of benzene rings is 2. The number of fused-ring (bicyclic) bond motifs is 3. The summed E-state index contributed by atoms with van der Waals surface area (Å²) in [6.45, 7) is 1.41. The second kappa shape index (κ2) is 12.7.